The average Bonchev–Trinajstić information content (AvgIpc) is 2.81. The molecule has 0 saturated carbocycles. The van der Waals surface area contributed by atoms with Crippen LogP contribution in [-0.2, 0) is 0 Å². The molecular formula is C25H21ClN2O4S. The van der Waals surface area contributed by atoms with Gasteiger partial charge in [0.05, 0.1) is 19.7 Å². The summed E-state index contributed by atoms with van der Waals surface area (Å²) in [7, 11) is 3.17. The van der Waals surface area contributed by atoms with Crippen molar-refractivity contribution in [3.8, 4) is 23.0 Å². The lowest BCUT2D eigenvalue weighted by Crippen LogP contribution is -2.04. The Hall–Kier alpha value is -3.42. The fourth-order valence-electron chi connectivity index (χ4n) is 3.24. The van der Waals surface area contributed by atoms with Gasteiger partial charge in [0.2, 0.25) is 0 Å². The molecule has 0 atom stereocenters. The van der Waals surface area contributed by atoms with Gasteiger partial charge < -0.3 is 19.5 Å². The molecule has 1 amide bonds. The first kappa shape index (κ1) is 22.8. The summed E-state index contributed by atoms with van der Waals surface area (Å²) in [6.07, 6.45) is 1.67. The number of aromatic nitrogens is 1. The highest BCUT2D eigenvalue weighted by Crippen LogP contribution is 2.37. The fraction of sp³-hybridized carbons (Fsp3) is 0.120. The molecule has 8 heteroatoms. The van der Waals surface area contributed by atoms with Gasteiger partial charge in [-0.15, -0.1) is 0 Å². The van der Waals surface area contributed by atoms with Crippen molar-refractivity contribution in [1.82, 2.24) is 4.98 Å². The molecule has 4 rings (SSSR count). The SMILES string of the molecule is COc1cc2nccc(Oc3ccc(NC(=O)Sc4ccc(Cl)cc4C)cc3)c2cc1OC. The lowest BCUT2D eigenvalue weighted by atomic mass is 10.2. The third-order valence-electron chi connectivity index (χ3n) is 4.88. The lowest BCUT2D eigenvalue weighted by Gasteiger charge is -2.12. The Morgan fingerprint density at radius 1 is 0.939 bits per heavy atom. The third-order valence-corrected chi connectivity index (χ3v) is 6.08. The highest BCUT2D eigenvalue weighted by atomic mass is 35.5. The first-order valence-electron chi connectivity index (χ1n) is 10.0. The first-order valence-corrected chi connectivity index (χ1v) is 11.2. The van der Waals surface area contributed by atoms with E-state index in [0.717, 1.165) is 33.1 Å². The molecule has 1 N–H and O–H groups in total. The van der Waals surface area contributed by atoms with Crippen LogP contribution in [0.25, 0.3) is 10.9 Å². The van der Waals surface area contributed by atoms with Gasteiger partial charge in [-0.2, -0.15) is 0 Å². The maximum Gasteiger partial charge on any atom is 0.288 e. The second-order valence-electron chi connectivity index (χ2n) is 7.08. The number of ether oxygens (including phenoxy) is 3. The highest BCUT2D eigenvalue weighted by molar-refractivity contribution is 8.14. The van der Waals surface area contributed by atoms with Crippen molar-refractivity contribution in [3.05, 3.63) is 77.4 Å². The Kier molecular flexibility index (Phi) is 6.91. The largest absolute Gasteiger partial charge is 0.493 e. The quantitative estimate of drug-likeness (QED) is 0.291. The summed E-state index contributed by atoms with van der Waals surface area (Å²) in [5.41, 5.74) is 2.34. The summed E-state index contributed by atoms with van der Waals surface area (Å²) in [4.78, 5) is 17.7. The molecule has 0 unspecified atom stereocenters. The number of hydrogen-bond donors (Lipinski definition) is 1. The Labute approximate surface area is 200 Å². The predicted octanol–water partition coefficient (Wildman–Crippen LogP) is 7.33. The smallest absolute Gasteiger partial charge is 0.288 e. The zero-order chi connectivity index (χ0) is 23.4. The minimum Gasteiger partial charge on any atom is -0.493 e. The van der Waals surface area contributed by atoms with Gasteiger partial charge >= 0.3 is 0 Å². The maximum absolute atomic E-state index is 12.4. The minimum atomic E-state index is -0.185. The Balaban J connectivity index is 1.47. The van der Waals surface area contributed by atoms with Crippen LogP contribution in [0.1, 0.15) is 5.56 Å². The van der Waals surface area contributed by atoms with Gasteiger partial charge in [-0.05, 0) is 78.8 Å². The van der Waals surface area contributed by atoms with Crippen molar-refractivity contribution >= 4 is 45.2 Å². The van der Waals surface area contributed by atoms with Gasteiger partial charge in [-0.25, -0.2) is 0 Å². The minimum absolute atomic E-state index is 0.185. The first-order chi connectivity index (χ1) is 16.0. The summed E-state index contributed by atoms with van der Waals surface area (Å²) >= 11 is 7.10. The number of anilines is 1. The van der Waals surface area contributed by atoms with Crippen LogP contribution in [0.2, 0.25) is 5.02 Å². The number of methoxy groups -OCH3 is 2. The van der Waals surface area contributed by atoms with Crippen LogP contribution in [0.15, 0.2) is 71.8 Å². The van der Waals surface area contributed by atoms with E-state index in [1.165, 1.54) is 0 Å². The molecule has 6 nitrogen and oxygen atoms in total. The topological polar surface area (TPSA) is 69.7 Å². The molecular weight excluding hydrogens is 460 g/mol. The van der Waals surface area contributed by atoms with Crippen molar-refractivity contribution < 1.29 is 19.0 Å². The van der Waals surface area contributed by atoms with Crippen molar-refractivity contribution in [2.24, 2.45) is 0 Å². The third kappa shape index (κ3) is 5.32. The number of benzene rings is 3. The average molecular weight is 481 g/mol. The predicted molar refractivity (Wildman–Crippen MR) is 132 cm³/mol. The monoisotopic (exact) mass is 480 g/mol. The number of halogens is 1. The molecule has 0 aliphatic heterocycles. The summed E-state index contributed by atoms with van der Waals surface area (Å²) in [6.45, 7) is 1.92. The molecule has 33 heavy (non-hydrogen) atoms. The zero-order valence-electron chi connectivity index (χ0n) is 18.2. The van der Waals surface area contributed by atoms with Crippen molar-refractivity contribution in [2.45, 2.75) is 11.8 Å². The highest BCUT2D eigenvalue weighted by Gasteiger charge is 2.12. The van der Waals surface area contributed by atoms with Gasteiger partial charge in [0.1, 0.15) is 11.5 Å². The van der Waals surface area contributed by atoms with Crippen LogP contribution in [0.3, 0.4) is 0 Å². The molecule has 4 aromatic rings. The van der Waals surface area contributed by atoms with Crippen LogP contribution in [0, 0.1) is 6.92 Å². The number of thioether (sulfide) groups is 1. The van der Waals surface area contributed by atoms with E-state index in [4.69, 9.17) is 25.8 Å². The van der Waals surface area contributed by atoms with E-state index in [1.807, 2.05) is 25.1 Å². The van der Waals surface area contributed by atoms with Gasteiger partial charge in [-0.1, -0.05) is 11.6 Å². The molecule has 0 fully saturated rings. The number of nitrogens with zero attached hydrogens (tertiary/aromatic N) is 1. The lowest BCUT2D eigenvalue weighted by molar-refractivity contribution is 0.269. The zero-order valence-corrected chi connectivity index (χ0v) is 19.8. The van der Waals surface area contributed by atoms with E-state index < -0.39 is 0 Å². The van der Waals surface area contributed by atoms with E-state index in [-0.39, 0.29) is 5.24 Å². The summed E-state index contributed by atoms with van der Waals surface area (Å²) in [5.74, 6) is 2.44. The molecule has 0 spiro atoms. The van der Waals surface area contributed by atoms with E-state index in [2.05, 4.69) is 10.3 Å². The Morgan fingerprint density at radius 3 is 2.36 bits per heavy atom. The second kappa shape index (κ2) is 10.0. The number of carbonyl (C=O) groups excluding carboxylic acids is 1. The van der Waals surface area contributed by atoms with E-state index in [1.54, 1.807) is 62.9 Å². The van der Waals surface area contributed by atoms with Gasteiger partial charge in [0.15, 0.2) is 11.5 Å². The van der Waals surface area contributed by atoms with E-state index in [9.17, 15) is 4.79 Å². The molecule has 3 aromatic carbocycles. The molecule has 1 aromatic heterocycles. The Bertz CT molecular complexity index is 1310. The van der Waals surface area contributed by atoms with Crippen LogP contribution in [0.4, 0.5) is 10.5 Å². The standard InChI is InChI=1S/C25H21ClN2O4S/c1-15-12-16(26)4-9-24(15)33-25(29)28-17-5-7-18(8-6-17)32-21-10-11-27-20-14-23(31-3)22(30-2)13-19(20)21/h4-14H,1-3H3,(H,28,29). The van der Waals surface area contributed by atoms with Gasteiger partial charge in [0, 0.05) is 33.3 Å². The number of aryl methyl sites for hydroxylation is 1. The van der Waals surface area contributed by atoms with Crippen molar-refractivity contribution in [1.29, 1.82) is 0 Å². The van der Waals surface area contributed by atoms with E-state index in [0.29, 0.717) is 33.7 Å². The number of pyridine rings is 1. The Morgan fingerprint density at radius 2 is 1.67 bits per heavy atom. The van der Waals surface area contributed by atoms with Crippen LogP contribution in [-0.4, -0.2) is 24.4 Å². The number of rotatable bonds is 6. The van der Waals surface area contributed by atoms with Crippen molar-refractivity contribution in [3.63, 3.8) is 0 Å². The second-order valence-corrected chi connectivity index (χ2v) is 8.54. The number of nitrogens with one attached hydrogen (secondary N) is 1. The fourth-order valence-corrected chi connectivity index (χ4v) is 4.19. The summed E-state index contributed by atoms with van der Waals surface area (Å²) in [5, 5.41) is 4.13. The van der Waals surface area contributed by atoms with Crippen molar-refractivity contribution in [2.75, 3.05) is 19.5 Å². The number of hydrogen-bond acceptors (Lipinski definition) is 6. The molecule has 0 saturated heterocycles. The molecule has 1 heterocycles. The summed E-state index contributed by atoms with van der Waals surface area (Å²) in [6, 6.07) is 18.0. The number of fused-ring (bicyclic) bond motifs is 1. The van der Waals surface area contributed by atoms with E-state index >= 15 is 0 Å². The van der Waals surface area contributed by atoms with Gasteiger partial charge in [0.25, 0.3) is 5.24 Å². The maximum atomic E-state index is 12.4. The van der Waals surface area contributed by atoms with Gasteiger partial charge in [-0.3, -0.25) is 9.78 Å². The normalized spacial score (nSPS) is 10.7. The molecule has 0 bridgehead atoms. The van der Waals surface area contributed by atoms with Crippen LogP contribution in [0.5, 0.6) is 23.0 Å². The molecule has 168 valence electrons. The van der Waals surface area contributed by atoms with Crippen LogP contribution < -0.4 is 19.5 Å². The molecule has 0 radical (unpaired) electrons. The molecule has 0 aliphatic carbocycles. The summed E-state index contributed by atoms with van der Waals surface area (Å²) < 4.78 is 16.8. The number of amides is 1. The molecule has 0 aliphatic rings. The van der Waals surface area contributed by atoms with Crippen LogP contribution >= 0.6 is 23.4 Å². The number of carbonyl (C=O) groups is 1.